The molecule has 2 aromatic rings. The van der Waals surface area contributed by atoms with E-state index in [4.69, 9.17) is 9.47 Å². The fraction of sp³-hybridized carbons (Fsp3) is 0.571. The molecule has 3 N–H and O–H groups in total. The number of fused-ring (bicyclic) bond motifs is 1. The molecule has 3 atom stereocenters. The highest BCUT2D eigenvalue weighted by Gasteiger charge is 2.47. The van der Waals surface area contributed by atoms with Gasteiger partial charge in [-0.1, -0.05) is 32.8 Å². The van der Waals surface area contributed by atoms with E-state index in [1.807, 2.05) is 21.9 Å². The van der Waals surface area contributed by atoms with Crippen LogP contribution >= 0.6 is 0 Å². The van der Waals surface area contributed by atoms with Crippen LogP contribution in [0.1, 0.15) is 57.4 Å². The summed E-state index contributed by atoms with van der Waals surface area (Å²) in [5.41, 5.74) is 0.821. The number of hydrogen-bond donors (Lipinski definition) is 3. The quantitative estimate of drug-likeness (QED) is 0.359. The van der Waals surface area contributed by atoms with E-state index in [9.17, 15) is 24.9 Å². The highest BCUT2D eigenvalue weighted by Crippen LogP contribution is 2.43. The zero-order valence-electron chi connectivity index (χ0n) is 22.2. The molecule has 1 aromatic heterocycles. The molecule has 1 saturated heterocycles. The number of aromatic nitrogens is 1. The zero-order valence-corrected chi connectivity index (χ0v) is 22.2. The number of ether oxygens (including phenoxy) is 2. The van der Waals surface area contributed by atoms with Crippen LogP contribution in [-0.4, -0.2) is 80.6 Å². The summed E-state index contributed by atoms with van der Waals surface area (Å²) in [5.74, 6) is -1.07. The van der Waals surface area contributed by atoms with Gasteiger partial charge < -0.3 is 29.7 Å². The van der Waals surface area contributed by atoms with E-state index >= 15 is 0 Å². The van der Waals surface area contributed by atoms with E-state index in [1.54, 1.807) is 6.07 Å². The van der Waals surface area contributed by atoms with Gasteiger partial charge in [-0.3, -0.25) is 19.1 Å². The molecule has 2 aliphatic heterocycles. The first-order valence-corrected chi connectivity index (χ1v) is 13.6. The first-order valence-electron chi connectivity index (χ1n) is 13.6. The first kappa shape index (κ1) is 27.6. The summed E-state index contributed by atoms with van der Waals surface area (Å²) in [5, 5.41) is 30.7. The lowest BCUT2D eigenvalue weighted by Gasteiger charge is -2.30. The second kappa shape index (κ2) is 12.4. The number of carboxylic acid groups (broad SMARTS) is 1. The molecule has 4 rings (SSSR count). The van der Waals surface area contributed by atoms with Gasteiger partial charge in [0.2, 0.25) is 12.7 Å². The maximum atomic E-state index is 13.5. The lowest BCUT2D eigenvalue weighted by Crippen LogP contribution is -2.45. The third-order valence-electron chi connectivity index (χ3n) is 7.70. The topological polar surface area (TPSA) is 125 Å². The Morgan fingerprint density at radius 3 is 2.29 bits per heavy atom. The van der Waals surface area contributed by atoms with Gasteiger partial charge in [0.15, 0.2) is 23.3 Å². The predicted molar refractivity (Wildman–Crippen MR) is 141 cm³/mol. The van der Waals surface area contributed by atoms with Crippen molar-refractivity contribution in [2.45, 2.75) is 64.5 Å². The largest absolute Gasteiger partial charge is 0.494 e. The normalized spacial score (nSPS) is 20.6. The summed E-state index contributed by atoms with van der Waals surface area (Å²) in [4.78, 5) is 30.0. The third kappa shape index (κ3) is 6.01. The van der Waals surface area contributed by atoms with Crippen molar-refractivity contribution < 1.29 is 34.4 Å². The van der Waals surface area contributed by atoms with Crippen LogP contribution in [0.15, 0.2) is 30.3 Å². The molecule has 0 radical (unpaired) electrons. The fourth-order valence-electron chi connectivity index (χ4n) is 5.60. The molecule has 1 amide bonds. The number of benzene rings is 1. The lowest BCUT2D eigenvalue weighted by molar-refractivity contribution is -0.144. The van der Waals surface area contributed by atoms with Crippen LogP contribution in [-0.2, 0) is 16.1 Å². The van der Waals surface area contributed by atoms with Crippen LogP contribution in [0.2, 0.25) is 0 Å². The Labute approximate surface area is 223 Å². The monoisotopic (exact) mass is 529 g/mol. The molecule has 10 nitrogen and oxygen atoms in total. The van der Waals surface area contributed by atoms with Gasteiger partial charge in [-0.15, -0.1) is 0 Å². The SMILES string of the molecule is CCCCN(CCCC)C(=O)CN1C[C@H](c2ccc3c(c2)OCO3)[C@H](C(=O)O)[C@H]1CCn1c(O)ccc1O. The number of unbranched alkanes of at least 4 members (excludes halogenated alkanes) is 2. The molecular weight excluding hydrogens is 490 g/mol. The van der Waals surface area contributed by atoms with Crippen LogP contribution in [0.4, 0.5) is 0 Å². The number of hydrogen-bond acceptors (Lipinski definition) is 7. The Hall–Kier alpha value is -3.40. The summed E-state index contributed by atoms with van der Waals surface area (Å²) >= 11 is 0. The van der Waals surface area contributed by atoms with Gasteiger partial charge in [0.05, 0.1) is 12.5 Å². The Morgan fingerprint density at radius 1 is 1.00 bits per heavy atom. The lowest BCUT2D eigenvalue weighted by atomic mass is 9.84. The number of nitrogens with zero attached hydrogens (tertiary/aromatic N) is 3. The van der Waals surface area contributed by atoms with Crippen LogP contribution in [0.5, 0.6) is 23.3 Å². The molecule has 3 heterocycles. The summed E-state index contributed by atoms with van der Waals surface area (Å²) in [6, 6.07) is 7.82. The zero-order chi connectivity index (χ0) is 27.2. The molecular formula is C28H39N3O7. The van der Waals surface area contributed by atoms with E-state index in [0.717, 1.165) is 31.2 Å². The van der Waals surface area contributed by atoms with E-state index < -0.39 is 17.9 Å². The van der Waals surface area contributed by atoms with Gasteiger partial charge in [-0.05, 0) is 37.0 Å². The highest BCUT2D eigenvalue weighted by atomic mass is 16.7. The average Bonchev–Trinajstić information content (AvgIpc) is 3.59. The maximum Gasteiger partial charge on any atom is 0.308 e. The molecule has 0 aliphatic carbocycles. The van der Waals surface area contributed by atoms with E-state index in [-0.39, 0.29) is 43.5 Å². The molecule has 1 aromatic carbocycles. The van der Waals surface area contributed by atoms with E-state index in [0.29, 0.717) is 37.6 Å². The number of carbonyl (C=O) groups excluding carboxylic acids is 1. The van der Waals surface area contributed by atoms with Crippen LogP contribution in [0.25, 0.3) is 0 Å². The van der Waals surface area contributed by atoms with Crippen molar-refractivity contribution in [3.63, 3.8) is 0 Å². The van der Waals surface area contributed by atoms with Gasteiger partial charge in [0.25, 0.3) is 0 Å². The number of aromatic hydroxyl groups is 2. The smallest absolute Gasteiger partial charge is 0.308 e. The van der Waals surface area contributed by atoms with Crippen molar-refractivity contribution in [2.24, 2.45) is 5.92 Å². The highest BCUT2D eigenvalue weighted by molar-refractivity contribution is 5.79. The molecule has 0 saturated carbocycles. The Kier molecular flexibility index (Phi) is 9.04. The van der Waals surface area contributed by atoms with Crippen molar-refractivity contribution in [3.05, 3.63) is 35.9 Å². The molecule has 0 unspecified atom stereocenters. The first-order chi connectivity index (χ1) is 18.3. The van der Waals surface area contributed by atoms with E-state index in [1.165, 1.54) is 16.7 Å². The fourth-order valence-corrected chi connectivity index (χ4v) is 5.60. The Balaban J connectivity index is 1.61. The molecule has 2 aliphatic rings. The van der Waals surface area contributed by atoms with Gasteiger partial charge >= 0.3 is 5.97 Å². The minimum Gasteiger partial charge on any atom is -0.494 e. The predicted octanol–water partition coefficient (Wildman–Crippen LogP) is 3.62. The van der Waals surface area contributed by atoms with Crippen molar-refractivity contribution in [2.75, 3.05) is 33.0 Å². The standard InChI is InChI=1S/C28H39N3O7/c1-3-5-12-29(13-6-4-2)26(34)17-30-16-20(19-7-8-22-23(15-19)38-18-37-22)27(28(35)36)21(30)11-14-31-24(32)9-10-25(31)33/h7-10,15,20-21,27,32-33H,3-6,11-14,16-18H2,1-2H3,(H,35,36)/t20-,21-,27+/m1/s1. The molecule has 38 heavy (non-hydrogen) atoms. The van der Waals surface area contributed by atoms with Crippen molar-refractivity contribution in [3.8, 4) is 23.3 Å². The number of aliphatic carboxylic acids is 1. The summed E-state index contributed by atoms with van der Waals surface area (Å²) in [6.07, 6.45) is 4.15. The Bertz CT molecular complexity index is 1090. The minimum atomic E-state index is -0.942. The summed E-state index contributed by atoms with van der Waals surface area (Å²) in [6.45, 7) is 6.42. The van der Waals surface area contributed by atoms with Gasteiger partial charge in [-0.2, -0.15) is 0 Å². The maximum absolute atomic E-state index is 13.5. The second-order valence-electron chi connectivity index (χ2n) is 10.2. The molecule has 1 fully saturated rings. The Morgan fingerprint density at radius 2 is 1.66 bits per heavy atom. The molecule has 208 valence electrons. The van der Waals surface area contributed by atoms with Crippen molar-refractivity contribution >= 4 is 11.9 Å². The second-order valence-corrected chi connectivity index (χ2v) is 10.2. The minimum absolute atomic E-state index is 0.000894. The number of rotatable bonds is 13. The van der Waals surface area contributed by atoms with Crippen LogP contribution in [0.3, 0.4) is 0 Å². The van der Waals surface area contributed by atoms with Gasteiger partial charge in [0.1, 0.15) is 0 Å². The molecule has 0 bridgehead atoms. The van der Waals surface area contributed by atoms with Crippen molar-refractivity contribution in [1.82, 2.24) is 14.4 Å². The van der Waals surface area contributed by atoms with Gasteiger partial charge in [0, 0.05) is 50.3 Å². The summed E-state index contributed by atoms with van der Waals surface area (Å²) < 4.78 is 12.3. The van der Waals surface area contributed by atoms with Crippen molar-refractivity contribution in [1.29, 1.82) is 0 Å². The number of carbonyl (C=O) groups is 2. The third-order valence-corrected chi connectivity index (χ3v) is 7.70. The average molecular weight is 530 g/mol. The molecule has 0 spiro atoms. The van der Waals surface area contributed by atoms with Crippen LogP contribution in [0, 0.1) is 5.92 Å². The molecule has 10 heteroatoms. The van der Waals surface area contributed by atoms with Crippen LogP contribution < -0.4 is 9.47 Å². The van der Waals surface area contributed by atoms with E-state index in [2.05, 4.69) is 13.8 Å². The number of carboxylic acids is 1. The number of amides is 1. The van der Waals surface area contributed by atoms with Gasteiger partial charge in [-0.25, -0.2) is 0 Å². The number of likely N-dealkylation sites (tertiary alicyclic amines) is 1. The summed E-state index contributed by atoms with van der Waals surface area (Å²) in [7, 11) is 0.